The Balaban J connectivity index is 1.80. The van der Waals surface area contributed by atoms with E-state index in [1.54, 1.807) is 6.20 Å². The van der Waals surface area contributed by atoms with E-state index < -0.39 is 0 Å². The van der Waals surface area contributed by atoms with Gasteiger partial charge in [0.2, 0.25) is 5.91 Å². The Kier molecular flexibility index (Phi) is 5.34. The second-order valence-electron chi connectivity index (χ2n) is 5.05. The number of nitrogens with one attached hydrogen (secondary N) is 2. The van der Waals surface area contributed by atoms with Crippen LogP contribution in [0.3, 0.4) is 0 Å². The van der Waals surface area contributed by atoms with E-state index in [2.05, 4.69) is 31.5 Å². The van der Waals surface area contributed by atoms with Gasteiger partial charge in [-0.05, 0) is 60.3 Å². The number of nitrogens with zero attached hydrogens (tertiary/aromatic N) is 1. The zero-order valence-electron chi connectivity index (χ0n) is 11.2. The zero-order chi connectivity index (χ0) is 13.7. The fraction of sp³-hybridized carbons (Fsp3) is 0.571. The first kappa shape index (κ1) is 14.5. The van der Waals surface area contributed by atoms with Gasteiger partial charge in [-0.25, -0.2) is 4.98 Å². The Bertz CT molecular complexity index is 444. The standard InChI is InChI=1S/C14H20BrN3O/c1-10-8-11(15)9-17-14(10)18-13(19)6-5-12-4-2-3-7-16-12/h8-9,12,16H,2-7H2,1H3,(H,17,18,19). The average Bonchev–Trinajstić information content (AvgIpc) is 2.41. The number of hydrogen-bond acceptors (Lipinski definition) is 3. The highest BCUT2D eigenvalue weighted by Crippen LogP contribution is 2.17. The van der Waals surface area contributed by atoms with Gasteiger partial charge in [0, 0.05) is 23.1 Å². The Morgan fingerprint density at radius 3 is 3.11 bits per heavy atom. The van der Waals surface area contributed by atoms with Gasteiger partial charge in [-0.15, -0.1) is 0 Å². The summed E-state index contributed by atoms with van der Waals surface area (Å²) in [5, 5.41) is 6.33. The highest BCUT2D eigenvalue weighted by atomic mass is 79.9. The first-order valence-electron chi connectivity index (χ1n) is 6.80. The van der Waals surface area contributed by atoms with Gasteiger partial charge in [-0.2, -0.15) is 0 Å². The summed E-state index contributed by atoms with van der Waals surface area (Å²) in [5.41, 5.74) is 0.971. The number of hydrogen-bond donors (Lipinski definition) is 2. The van der Waals surface area contributed by atoms with Crippen molar-refractivity contribution in [3.8, 4) is 0 Å². The molecule has 1 aliphatic heterocycles. The minimum atomic E-state index is 0.0466. The number of aryl methyl sites for hydroxylation is 1. The van der Waals surface area contributed by atoms with E-state index in [-0.39, 0.29) is 5.91 Å². The molecule has 1 aliphatic rings. The average molecular weight is 326 g/mol. The zero-order valence-corrected chi connectivity index (χ0v) is 12.8. The van der Waals surface area contributed by atoms with Crippen LogP contribution in [0.1, 0.15) is 37.7 Å². The summed E-state index contributed by atoms with van der Waals surface area (Å²) in [6, 6.07) is 2.45. The molecule has 19 heavy (non-hydrogen) atoms. The van der Waals surface area contributed by atoms with Crippen LogP contribution >= 0.6 is 15.9 Å². The maximum atomic E-state index is 11.9. The highest BCUT2D eigenvalue weighted by molar-refractivity contribution is 9.10. The van der Waals surface area contributed by atoms with Crippen LogP contribution in [-0.2, 0) is 4.79 Å². The minimum absolute atomic E-state index is 0.0466. The smallest absolute Gasteiger partial charge is 0.225 e. The molecule has 0 aliphatic carbocycles. The molecule has 1 amide bonds. The van der Waals surface area contributed by atoms with Crippen molar-refractivity contribution in [2.75, 3.05) is 11.9 Å². The summed E-state index contributed by atoms with van der Waals surface area (Å²) >= 11 is 3.36. The van der Waals surface area contributed by atoms with Crippen molar-refractivity contribution >= 4 is 27.7 Å². The molecule has 0 radical (unpaired) electrons. The quantitative estimate of drug-likeness (QED) is 0.894. The molecule has 0 saturated carbocycles. The fourth-order valence-electron chi connectivity index (χ4n) is 2.34. The molecular formula is C14H20BrN3O. The van der Waals surface area contributed by atoms with Crippen molar-refractivity contribution in [1.82, 2.24) is 10.3 Å². The maximum absolute atomic E-state index is 11.9. The first-order valence-corrected chi connectivity index (χ1v) is 7.60. The lowest BCUT2D eigenvalue weighted by molar-refractivity contribution is -0.116. The Labute approximate surface area is 122 Å². The van der Waals surface area contributed by atoms with Gasteiger partial charge >= 0.3 is 0 Å². The van der Waals surface area contributed by atoms with Crippen LogP contribution < -0.4 is 10.6 Å². The third-order valence-electron chi connectivity index (χ3n) is 3.43. The number of aromatic nitrogens is 1. The van der Waals surface area contributed by atoms with E-state index in [1.807, 2.05) is 13.0 Å². The van der Waals surface area contributed by atoms with E-state index in [1.165, 1.54) is 19.3 Å². The Morgan fingerprint density at radius 1 is 1.58 bits per heavy atom. The molecule has 2 heterocycles. The molecule has 1 aromatic heterocycles. The normalized spacial score (nSPS) is 19.2. The molecule has 104 valence electrons. The van der Waals surface area contributed by atoms with Crippen LogP contribution in [0.25, 0.3) is 0 Å². The highest BCUT2D eigenvalue weighted by Gasteiger charge is 2.14. The van der Waals surface area contributed by atoms with Gasteiger partial charge in [-0.3, -0.25) is 4.79 Å². The lowest BCUT2D eigenvalue weighted by atomic mass is 10.0. The van der Waals surface area contributed by atoms with E-state index in [9.17, 15) is 4.79 Å². The van der Waals surface area contributed by atoms with Crippen molar-refractivity contribution in [3.05, 3.63) is 22.3 Å². The first-order chi connectivity index (χ1) is 9.15. The monoisotopic (exact) mass is 325 g/mol. The number of halogens is 1. The van der Waals surface area contributed by atoms with Crippen LogP contribution in [0, 0.1) is 6.92 Å². The van der Waals surface area contributed by atoms with Gasteiger partial charge in [0.25, 0.3) is 0 Å². The third-order valence-corrected chi connectivity index (χ3v) is 3.87. The van der Waals surface area contributed by atoms with Crippen LogP contribution in [0.4, 0.5) is 5.82 Å². The topological polar surface area (TPSA) is 54.0 Å². The summed E-state index contributed by atoms with van der Waals surface area (Å²) in [6.07, 6.45) is 6.86. The summed E-state index contributed by atoms with van der Waals surface area (Å²) in [7, 11) is 0. The van der Waals surface area contributed by atoms with Crippen LogP contribution in [0.2, 0.25) is 0 Å². The third kappa shape index (κ3) is 4.58. The lowest BCUT2D eigenvalue weighted by Crippen LogP contribution is -2.34. The molecule has 1 aromatic rings. The number of amides is 1. The van der Waals surface area contributed by atoms with Gasteiger partial charge in [0.15, 0.2) is 0 Å². The van der Waals surface area contributed by atoms with Crippen molar-refractivity contribution < 1.29 is 4.79 Å². The second kappa shape index (κ2) is 7.01. The maximum Gasteiger partial charge on any atom is 0.225 e. The molecule has 0 spiro atoms. The van der Waals surface area contributed by atoms with Gasteiger partial charge in [-0.1, -0.05) is 6.42 Å². The summed E-state index contributed by atoms with van der Waals surface area (Å²) in [5.74, 6) is 0.704. The molecule has 2 N–H and O–H groups in total. The van der Waals surface area contributed by atoms with Crippen LogP contribution in [0.15, 0.2) is 16.7 Å². The number of carbonyl (C=O) groups is 1. The van der Waals surface area contributed by atoms with Crippen molar-refractivity contribution in [2.45, 2.75) is 45.1 Å². The molecule has 2 rings (SSSR count). The van der Waals surface area contributed by atoms with Gasteiger partial charge in [0.05, 0.1) is 0 Å². The number of rotatable bonds is 4. The predicted molar refractivity (Wildman–Crippen MR) is 80.2 cm³/mol. The van der Waals surface area contributed by atoms with Crippen molar-refractivity contribution in [2.24, 2.45) is 0 Å². The van der Waals surface area contributed by atoms with E-state index in [0.29, 0.717) is 18.3 Å². The lowest BCUT2D eigenvalue weighted by Gasteiger charge is -2.23. The SMILES string of the molecule is Cc1cc(Br)cnc1NC(=O)CCC1CCCCN1. The molecular weight excluding hydrogens is 306 g/mol. The van der Waals surface area contributed by atoms with Crippen LogP contribution in [0.5, 0.6) is 0 Å². The summed E-state index contributed by atoms with van der Waals surface area (Å²) in [6.45, 7) is 3.02. The fourth-order valence-corrected chi connectivity index (χ4v) is 2.79. The molecule has 4 nitrogen and oxygen atoms in total. The summed E-state index contributed by atoms with van der Waals surface area (Å²) in [4.78, 5) is 16.1. The minimum Gasteiger partial charge on any atom is -0.314 e. The molecule has 0 aromatic carbocycles. The van der Waals surface area contributed by atoms with E-state index in [0.717, 1.165) is 23.0 Å². The molecule has 1 saturated heterocycles. The van der Waals surface area contributed by atoms with Crippen LogP contribution in [-0.4, -0.2) is 23.5 Å². The van der Waals surface area contributed by atoms with Gasteiger partial charge < -0.3 is 10.6 Å². The predicted octanol–water partition coefficient (Wildman–Crippen LogP) is 3.01. The number of carbonyl (C=O) groups excluding carboxylic acids is 1. The Hall–Kier alpha value is -0.940. The van der Waals surface area contributed by atoms with E-state index >= 15 is 0 Å². The second-order valence-corrected chi connectivity index (χ2v) is 5.97. The summed E-state index contributed by atoms with van der Waals surface area (Å²) < 4.78 is 0.925. The van der Waals surface area contributed by atoms with Gasteiger partial charge in [0.1, 0.15) is 5.82 Å². The Morgan fingerprint density at radius 2 is 2.42 bits per heavy atom. The molecule has 1 atom stereocenters. The molecule has 0 bridgehead atoms. The number of piperidine rings is 1. The van der Waals surface area contributed by atoms with Crippen molar-refractivity contribution in [3.63, 3.8) is 0 Å². The molecule has 5 heteroatoms. The van der Waals surface area contributed by atoms with Crippen molar-refractivity contribution in [1.29, 1.82) is 0 Å². The largest absolute Gasteiger partial charge is 0.314 e. The molecule has 1 unspecified atom stereocenters. The molecule has 1 fully saturated rings. The number of anilines is 1. The van der Waals surface area contributed by atoms with E-state index in [4.69, 9.17) is 0 Å². The number of pyridine rings is 1.